The summed E-state index contributed by atoms with van der Waals surface area (Å²) in [5, 5.41) is 8.75. The normalized spacial score (nSPS) is 13.6. The smallest absolute Gasteiger partial charge is 0.212 e. The monoisotopic (exact) mass is 244 g/mol. The van der Waals surface area contributed by atoms with E-state index in [4.69, 9.17) is 5.11 Å². The first-order valence-corrected chi connectivity index (χ1v) is 6.68. The molecular formula is C10H16N2O3S. The van der Waals surface area contributed by atoms with Gasteiger partial charge in [-0.1, -0.05) is 0 Å². The SMILES string of the molecule is C[C@@H](CO)NS(=O)(=O)CCc1ccncc1. The zero-order valence-electron chi connectivity index (χ0n) is 9.13. The Bertz CT molecular complexity index is 405. The van der Waals surface area contributed by atoms with Gasteiger partial charge >= 0.3 is 0 Å². The van der Waals surface area contributed by atoms with Gasteiger partial charge in [0.05, 0.1) is 12.4 Å². The molecule has 16 heavy (non-hydrogen) atoms. The molecule has 1 atom stereocenters. The molecule has 0 bridgehead atoms. The van der Waals surface area contributed by atoms with Crippen LogP contribution in [0.15, 0.2) is 24.5 Å². The number of hydrogen-bond donors (Lipinski definition) is 2. The van der Waals surface area contributed by atoms with E-state index in [1.165, 1.54) is 0 Å². The molecule has 0 unspecified atom stereocenters. The van der Waals surface area contributed by atoms with Crippen LogP contribution in [0.25, 0.3) is 0 Å². The fraction of sp³-hybridized carbons (Fsp3) is 0.500. The Labute approximate surface area is 95.6 Å². The first-order chi connectivity index (χ1) is 7.53. The molecule has 1 rings (SSSR count). The molecule has 0 amide bonds. The molecule has 0 saturated heterocycles. The third-order valence-corrected chi connectivity index (χ3v) is 3.57. The van der Waals surface area contributed by atoms with E-state index in [2.05, 4.69) is 9.71 Å². The van der Waals surface area contributed by atoms with Crippen LogP contribution in [0, 0.1) is 0 Å². The molecule has 0 aliphatic carbocycles. The molecule has 90 valence electrons. The highest BCUT2D eigenvalue weighted by Crippen LogP contribution is 2.00. The fourth-order valence-electron chi connectivity index (χ4n) is 1.20. The average molecular weight is 244 g/mol. The minimum absolute atomic E-state index is 0.0152. The number of nitrogens with one attached hydrogen (secondary N) is 1. The van der Waals surface area contributed by atoms with Gasteiger partial charge in [0.1, 0.15) is 0 Å². The van der Waals surface area contributed by atoms with Gasteiger partial charge in [-0.25, -0.2) is 13.1 Å². The van der Waals surface area contributed by atoms with E-state index in [1.807, 2.05) is 0 Å². The molecule has 6 heteroatoms. The highest BCUT2D eigenvalue weighted by molar-refractivity contribution is 7.89. The molecule has 0 saturated carbocycles. The number of aryl methyl sites for hydroxylation is 1. The van der Waals surface area contributed by atoms with Gasteiger partial charge in [-0.2, -0.15) is 0 Å². The third kappa shape index (κ3) is 4.69. The zero-order chi connectivity index (χ0) is 12.0. The maximum atomic E-state index is 11.5. The van der Waals surface area contributed by atoms with Crippen molar-refractivity contribution in [1.82, 2.24) is 9.71 Å². The molecule has 1 aromatic heterocycles. The molecule has 1 aromatic rings. The Morgan fingerprint density at radius 2 is 2.06 bits per heavy atom. The van der Waals surface area contributed by atoms with Crippen molar-refractivity contribution >= 4 is 10.0 Å². The van der Waals surface area contributed by atoms with Crippen molar-refractivity contribution < 1.29 is 13.5 Å². The minimum Gasteiger partial charge on any atom is -0.395 e. The van der Waals surface area contributed by atoms with Crippen LogP contribution in [0.1, 0.15) is 12.5 Å². The summed E-state index contributed by atoms with van der Waals surface area (Å²) in [5.74, 6) is 0.0152. The number of aliphatic hydroxyl groups excluding tert-OH is 1. The number of rotatable bonds is 6. The highest BCUT2D eigenvalue weighted by atomic mass is 32.2. The summed E-state index contributed by atoms with van der Waals surface area (Å²) in [7, 11) is -3.32. The predicted octanol–water partition coefficient (Wildman–Crippen LogP) is -0.0757. The van der Waals surface area contributed by atoms with Crippen LogP contribution in [0.5, 0.6) is 0 Å². The number of hydrogen-bond acceptors (Lipinski definition) is 4. The molecule has 0 aliphatic heterocycles. The first-order valence-electron chi connectivity index (χ1n) is 5.03. The maximum absolute atomic E-state index is 11.5. The Balaban J connectivity index is 2.49. The largest absolute Gasteiger partial charge is 0.395 e. The minimum atomic E-state index is -3.32. The van der Waals surface area contributed by atoms with Crippen molar-refractivity contribution in [2.24, 2.45) is 0 Å². The molecule has 0 fully saturated rings. The number of aromatic nitrogens is 1. The molecule has 0 aromatic carbocycles. The number of pyridine rings is 1. The van der Waals surface area contributed by atoms with E-state index in [0.717, 1.165) is 5.56 Å². The van der Waals surface area contributed by atoms with Crippen molar-refractivity contribution in [3.8, 4) is 0 Å². The van der Waals surface area contributed by atoms with E-state index in [1.54, 1.807) is 31.5 Å². The number of nitrogens with zero attached hydrogens (tertiary/aromatic N) is 1. The van der Waals surface area contributed by atoms with Crippen molar-refractivity contribution in [2.45, 2.75) is 19.4 Å². The Kier molecular flexibility index (Phi) is 4.85. The molecule has 1 heterocycles. The summed E-state index contributed by atoms with van der Waals surface area (Å²) in [6.07, 6.45) is 3.70. The quantitative estimate of drug-likeness (QED) is 0.734. The molecule has 2 N–H and O–H groups in total. The lowest BCUT2D eigenvalue weighted by atomic mass is 10.2. The van der Waals surface area contributed by atoms with E-state index >= 15 is 0 Å². The lowest BCUT2D eigenvalue weighted by Gasteiger charge is -2.11. The summed E-state index contributed by atoms with van der Waals surface area (Å²) in [4.78, 5) is 3.85. The maximum Gasteiger partial charge on any atom is 0.212 e. The number of aliphatic hydroxyl groups is 1. The summed E-state index contributed by atoms with van der Waals surface area (Å²) in [6, 6.07) is 3.12. The van der Waals surface area contributed by atoms with Crippen molar-refractivity contribution in [3.63, 3.8) is 0 Å². The van der Waals surface area contributed by atoms with Gasteiger partial charge in [-0.05, 0) is 31.0 Å². The molecule has 0 radical (unpaired) electrons. The van der Waals surface area contributed by atoms with Crippen LogP contribution in [-0.4, -0.2) is 36.9 Å². The molecule has 0 spiro atoms. The second-order valence-electron chi connectivity index (χ2n) is 3.63. The highest BCUT2D eigenvalue weighted by Gasteiger charge is 2.13. The summed E-state index contributed by atoms with van der Waals surface area (Å²) in [5.41, 5.74) is 0.928. The summed E-state index contributed by atoms with van der Waals surface area (Å²) in [6.45, 7) is 1.42. The summed E-state index contributed by atoms with van der Waals surface area (Å²) < 4.78 is 25.5. The Morgan fingerprint density at radius 3 is 2.62 bits per heavy atom. The van der Waals surface area contributed by atoms with Gasteiger partial charge in [-0.3, -0.25) is 4.98 Å². The van der Waals surface area contributed by atoms with Gasteiger partial charge in [0.15, 0.2) is 0 Å². The van der Waals surface area contributed by atoms with Gasteiger partial charge < -0.3 is 5.11 Å². The van der Waals surface area contributed by atoms with Gasteiger partial charge in [0.2, 0.25) is 10.0 Å². The fourth-order valence-corrected chi connectivity index (χ4v) is 2.51. The average Bonchev–Trinajstić information content (AvgIpc) is 2.27. The van der Waals surface area contributed by atoms with Crippen molar-refractivity contribution in [2.75, 3.05) is 12.4 Å². The second kappa shape index (κ2) is 5.93. The number of sulfonamides is 1. The zero-order valence-corrected chi connectivity index (χ0v) is 9.94. The molecule has 5 nitrogen and oxygen atoms in total. The van der Waals surface area contributed by atoms with Crippen LogP contribution in [0.2, 0.25) is 0 Å². The first kappa shape index (κ1) is 13.1. The van der Waals surface area contributed by atoms with Crippen molar-refractivity contribution in [3.05, 3.63) is 30.1 Å². The van der Waals surface area contributed by atoms with Gasteiger partial charge in [0, 0.05) is 18.4 Å². The Hall–Kier alpha value is -0.980. The van der Waals surface area contributed by atoms with Crippen LogP contribution in [-0.2, 0) is 16.4 Å². The summed E-state index contributed by atoms with van der Waals surface area (Å²) >= 11 is 0. The Morgan fingerprint density at radius 1 is 1.44 bits per heavy atom. The van der Waals surface area contributed by atoms with E-state index in [-0.39, 0.29) is 12.4 Å². The van der Waals surface area contributed by atoms with Crippen LogP contribution in [0.3, 0.4) is 0 Å². The second-order valence-corrected chi connectivity index (χ2v) is 5.50. The predicted molar refractivity (Wildman–Crippen MR) is 61.4 cm³/mol. The van der Waals surface area contributed by atoms with E-state index in [0.29, 0.717) is 6.42 Å². The molecular weight excluding hydrogens is 228 g/mol. The van der Waals surface area contributed by atoms with Crippen LogP contribution in [0.4, 0.5) is 0 Å². The lowest BCUT2D eigenvalue weighted by Crippen LogP contribution is -2.37. The van der Waals surface area contributed by atoms with Crippen LogP contribution >= 0.6 is 0 Å². The van der Waals surface area contributed by atoms with Gasteiger partial charge in [0.25, 0.3) is 0 Å². The lowest BCUT2D eigenvalue weighted by molar-refractivity contribution is 0.265. The molecule has 0 aliphatic rings. The van der Waals surface area contributed by atoms with Gasteiger partial charge in [-0.15, -0.1) is 0 Å². The van der Waals surface area contributed by atoms with E-state index < -0.39 is 16.1 Å². The van der Waals surface area contributed by atoms with Crippen LogP contribution < -0.4 is 4.72 Å². The standard InChI is InChI=1S/C10H16N2O3S/c1-9(8-13)12-16(14,15)7-4-10-2-5-11-6-3-10/h2-3,5-6,9,12-13H,4,7-8H2,1H3/t9-/m0/s1. The van der Waals surface area contributed by atoms with Crippen molar-refractivity contribution in [1.29, 1.82) is 0 Å². The third-order valence-electron chi connectivity index (χ3n) is 2.06. The van der Waals surface area contributed by atoms with E-state index in [9.17, 15) is 8.42 Å². The topological polar surface area (TPSA) is 79.3 Å².